The highest BCUT2D eigenvalue weighted by molar-refractivity contribution is 7.13. The summed E-state index contributed by atoms with van der Waals surface area (Å²) in [5, 5.41) is 21.5. The summed E-state index contributed by atoms with van der Waals surface area (Å²) in [6, 6.07) is 21.6. The molecular formula is C21H16N4O3S. The van der Waals surface area contributed by atoms with E-state index in [0.29, 0.717) is 11.5 Å². The van der Waals surface area contributed by atoms with Crippen LogP contribution in [0.4, 0.5) is 17.2 Å². The molecule has 0 aliphatic heterocycles. The number of rotatable bonds is 6. The van der Waals surface area contributed by atoms with E-state index in [0.717, 1.165) is 22.0 Å². The van der Waals surface area contributed by atoms with Crippen molar-refractivity contribution in [3.05, 3.63) is 88.3 Å². The Balaban J connectivity index is 1.73. The molecule has 0 amide bonds. The van der Waals surface area contributed by atoms with Crippen LogP contribution in [0.25, 0.3) is 16.3 Å². The van der Waals surface area contributed by atoms with Crippen LogP contribution in [-0.2, 0) is 0 Å². The summed E-state index contributed by atoms with van der Waals surface area (Å²) < 4.78 is 7.27. The predicted molar refractivity (Wildman–Crippen MR) is 113 cm³/mol. The number of hydrogen-bond donors (Lipinski definition) is 0. The van der Waals surface area contributed by atoms with Crippen LogP contribution in [0.5, 0.6) is 5.75 Å². The van der Waals surface area contributed by atoms with Crippen LogP contribution < -0.4 is 4.74 Å². The molecule has 4 rings (SSSR count). The van der Waals surface area contributed by atoms with Gasteiger partial charge in [-0.25, -0.2) is 0 Å². The number of thiophene rings is 1. The molecule has 7 nitrogen and oxygen atoms in total. The van der Waals surface area contributed by atoms with Gasteiger partial charge in [0, 0.05) is 17.8 Å². The Morgan fingerprint density at radius 3 is 2.34 bits per heavy atom. The molecule has 0 bridgehead atoms. The third kappa shape index (κ3) is 3.92. The van der Waals surface area contributed by atoms with Gasteiger partial charge < -0.3 is 4.74 Å². The summed E-state index contributed by atoms with van der Waals surface area (Å²) >= 11 is 1.64. The van der Waals surface area contributed by atoms with Crippen molar-refractivity contribution >= 4 is 28.5 Å². The number of nitro benzene ring substituents is 1. The first-order valence-electron chi connectivity index (χ1n) is 8.72. The largest absolute Gasteiger partial charge is 0.497 e. The van der Waals surface area contributed by atoms with Gasteiger partial charge in [0.15, 0.2) is 5.82 Å². The Labute approximate surface area is 170 Å². The molecule has 2 heterocycles. The van der Waals surface area contributed by atoms with Crippen LogP contribution in [0.3, 0.4) is 0 Å². The minimum atomic E-state index is -0.441. The molecule has 0 spiro atoms. The third-order valence-corrected chi connectivity index (χ3v) is 5.19. The Bertz CT molecular complexity index is 1150. The van der Waals surface area contributed by atoms with E-state index < -0.39 is 4.92 Å². The summed E-state index contributed by atoms with van der Waals surface area (Å²) in [4.78, 5) is 11.5. The van der Waals surface area contributed by atoms with Crippen LogP contribution in [0.1, 0.15) is 0 Å². The van der Waals surface area contributed by atoms with Crippen LogP contribution in [0.2, 0.25) is 0 Å². The first kappa shape index (κ1) is 18.6. The molecule has 0 aliphatic rings. The molecule has 144 valence electrons. The number of hydrogen-bond acceptors (Lipinski definition) is 6. The Hall–Kier alpha value is -3.78. The predicted octanol–water partition coefficient (Wildman–Crippen LogP) is 6.54. The van der Waals surface area contributed by atoms with Gasteiger partial charge in [0.05, 0.1) is 28.3 Å². The number of nitro groups is 1. The minimum Gasteiger partial charge on any atom is -0.497 e. The molecule has 29 heavy (non-hydrogen) atoms. The van der Waals surface area contributed by atoms with E-state index in [-0.39, 0.29) is 5.69 Å². The molecule has 0 saturated heterocycles. The molecule has 0 radical (unpaired) electrons. The van der Waals surface area contributed by atoms with E-state index in [1.807, 2.05) is 52.4 Å². The van der Waals surface area contributed by atoms with Crippen molar-refractivity contribution in [3.63, 3.8) is 0 Å². The quantitative estimate of drug-likeness (QED) is 0.208. The van der Waals surface area contributed by atoms with Gasteiger partial charge in [0.25, 0.3) is 5.69 Å². The van der Waals surface area contributed by atoms with Crippen LogP contribution >= 0.6 is 11.3 Å². The van der Waals surface area contributed by atoms with E-state index in [1.165, 1.54) is 12.1 Å². The molecule has 8 heteroatoms. The molecule has 2 aromatic heterocycles. The lowest BCUT2D eigenvalue weighted by Crippen LogP contribution is -1.95. The summed E-state index contributed by atoms with van der Waals surface area (Å²) in [7, 11) is 1.63. The van der Waals surface area contributed by atoms with Gasteiger partial charge in [0.2, 0.25) is 0 Å². The zero-order valence-electron chi connectivity index (χ0n) is 15.4. The van der Waals surface area contributed by atoms with Crippen molar-refractivity contribution in [1.82, 2.24) is 4.57 Å². The first-order chi connectivity index (χ1) is 14.2. The van der Waals surface area contributed by atoms with Crippen LogP contribution in [-0.4, -0.2) is 16.6 Å². The molecule has 0 saturated carbocycles. The third-order valence-electron chi connectivity index (χ3n) is 4.29. The smallest absolute Gasteiger partial charge is 0.269 e. The van der Waals surface area contributed by atoms with Gasteiger partial charge >= 0.3 is 0 Å². The topological polar surface area (TPSA) is 82.0 Å². The van der Waals surface area contributed by atoms with Crippen molar-refractivity contribution < 1.29 is 9.66 Å². The van der Waals surface area contributed by atoms with Crippen molar-refractivity contribution in [2.75, 3.05) is 7.11 Å². The van der Waals surface area contributed by atoms with E-state index in [2.05, 4.69) is 16.3 Å². The number of aromatic nitrogens is 1. The maximum absolute atomic E-state index is 10.8. The lowest BCUT2D eigenvalue weighted by molar-refractivity contribution is -0.384. The zero-order chi connectivity index (χ0) is 20.2. The van der Waals surface area contributed by atoms with Gasteiger partial charge in [-0.2, -0.15) is 0 Å². The molecule has 0 unspecified atom stereocenters. The highest BCUT2D eigenvalue weighted by atomic mass is 32.1. The normalized spacial score (nSPS) is 11.1. The Kier molecular flexibility index (Phi) is 5.17. The van der Waals surface area contributed by atoms with E-state index in [9.17, 15) is 10.1 Å². The van der Waals surface area contributed by atoms with Gasteiger partial charge in [0.1, 0.15) is 5.75 Å². The summed E-state index contributed by atoms with van der Waals surface area (Å²) in [5.74, 6) is 1.42. The Morgan fingerprint density at radius 1 is 0.966 bits per heavy atom. The van der Waals surface area contributed by atoms with Gasteiger partial charge in [-0.1, -0.05) is 6.07 Å². The average molecular weight is 404 g/mol. The summed E-state index contributed by atoms with van der Waals surface area (Å²) in [6.45, 7) is 0. The summed E-state index contributed by atoms with van der Waals surface area (Å²) in [5.41, 5.74) is 2.49. The number of nitrogens with zero attached hydrogens (tertiary/aromatic N) is 4. The van der Waals surface area contributed by atoms with Gasteiger partial charge in [-0.05, 0) is 60.0 Å². The van der Waals surface area contributed by atoms with Crippen molar-refractivity contribution in [2.45, 2.75) is 0 Å². The number of azo groups is 1. The number of ether oxygens (including phenoxy) is 1. The molecule has 4 aromatic rings. The first-order valence-corrected chi connectivity index (χ1v) is 9.60. The van der Waals surface area contributed by atoms with Crippen molar-refractivity contribution in [3.8, 4) is 22.0 Å². The van der Waals surface area contributed by atoms with Crippen molar-refractivity contribution in [1.29, 1.82) is 0 Å². The molecule has 2 aromatic carbocycles. The molecule has 0 N–H and O–H groups in total. The SMILES string of the molecule is COc1ccc(-n2c(N=Nc3ccc([N+](=O)[O-])cc3)ccc2-c2cccs2)cc1. The lowest BCUT2D eigenvalue weighted by Gasteiger charge is -2.11. The monoisotopic (exact) mass is 404 g/mol. The van der Waals surface area contributed by atoms with E-state index in [4.69, 9.17) is 4.74 Å². The van der Waals surface area contributed by atoms with E-state index >= 15 is 0 Å². The second-order valence-electron chi connectivity index (χ2n) is 6.06. The fraction of sp³-hybridized carbons (Fsp3) is 0.0476. The number of non-ortho nitro benzene ring substituents is 1. The fourth-order valence-electron chi connectivity index (χ4n) is 2.87. The average Bonchev–Trinajstić information content (AvgIpc) is 3.42. The zero-order valence-corrected chi connectivity index (χ0v) is 16.2. The van der Waals surface area contributed by atoms with Gasteiger partial charge in [-0.15, -0.1) is 21.6 Å². The van der Waals surface area contributed by atoms with Gasteiger partial charge in [-0.3, -0.25) is 14.7 Å². The maximum Gasteiger partial charge on any atom is 0.269 e. The minimum absolute atomic E-state index is 0.0190. The lowest BCUT2D eigenvalue weighted by atomic mass is 10.2. The second-order valence-corrected chi connectivity index (χ2v) is 7.01. The van der Waals surface area contributed by atoms with Crippen LogP contribution in [0.15, 0.2) is 88.4 Å². The summed E-state index contributed by atoms with van der Waals surface area (Å²) in [6.07, 6.45) is 0. The Morgan fingerprint density at radius 2 is 1.72 bits per heavy atom. The molecular weight excluding hydrogens is 388 g/mol. The fourth-order valence-corrected chi connectivity index (χ4v) is 3.61. The number of benzene rings is 2. The second kappa shape index (κ2) is 8.07. The molecule has 0 fully saturated rings. The highest BCUT2D eigenvalue weighted by Crippen LogP contribution is 2.34. The van der Waals surface area contributed by atoms with Crippen molar-refractivity contribution in [2.24, 2.45) is 10.2 Å². The number of methoxy groups -OCH3 is 1. The highest BCUT2D eigenvalue weighted by Gasteiger charge is 2.13. The molecule has 0 atom stereocenters. The van der Waals surface area contributed by atoms with Crippen LogP contribution in [0, 0.1) is 10.1 Å². The standard InChI is InChI=1S/C21H16N4O3S/c1-28-18-10-8-16(9-11-18)24-19(20-3-2-14-29-20)12-13-21(24)23-22-15-4-6-17(7-5-15)25(26)27/h2-14H,1H3. The maximum atomic E-state index is 10.8. The molecule has 0 aliphatic carbocycles. The van der Waals surface area contributed by atoms with E-state index in [1.54, 1.807) is 30.6 Å².